The van der Waals surface area contributed by atoms with Crippen molar-refractivity contribution in [1.29, 1.82) is 0 Å². The fourth-order valence-corrected chi connectivity index (χ4v) is 2.79. The highest BCUT2D eigenvalue weighted by Crippen LogP contribution is 2.28. The molecule has 1 heterocycles. The van der Waals surface area contributed by atoms with Gasteiger partial charge in [0.15, 0.2) is 0 Å². The third-order valence-electron chi connectivity index (χ3n) is 3.69. The van der Waals surface area contributed by atoms with E-state index < -0.39 is 0 Å². The van der Waals surface area contributed by atoms with E-state index in [-0.39, 0.29) is 6.04 Å². The summed E-state index contributed by atoms with van der Waals surface area (Å²) in [7, 11) is 0. The maximum Gasteiger partial charge on any atom is 0.134 e. The molecule has 1 atom stereocenters. The number of benzene rings is 2. The fraction of sp³-hybridized carbons (Fsp3) is 0.222. The molecular weight excluding hydrogens is 282 g/mol. The van der Waals surface area contributed by atoms with Gasteiger partial charge in [0.2, 0.25) is 0 Å². The molecule has 0 saturated heterocycles. The average Bonchev–Trinajstić information content (AvgIpc) is 2.93. The van der Waals surface area contributed by atoms with E-state index in [0.717, 1.165) is 23.6 Å². The lowest BCUT2D eigenvalue weighted by molar-refractivity contribution is 0.535. The minimum absolute atomic E-state index is 0.236. The van der Waals surface area contributed by atoms with Crippen molar-refractivity contribution in [2.24, 2.45) is 0 Å². The zero-order valence-electron chi connectivity index (χ0n) is 12.0. The van der Waals surface area contributed by atoms with Crippen molar-refractivity contribution in [3.8, 4) is 0 Å². The Morgan fingerprint density at radius 1 is 1.10 bits per heavy atom. The summed E-state index contributed by atoms with van der Waals surface area (Å²) in [6, 6.07) is 16.4. The number of nitrogens with one attached hydrogen (secondary N) is 1. The van der Waals surface area contributed by atoms with Gasteiger partial charge in [0.25, 0.3) is 0 Å². The highest BCUT2D eigenvalue weighted by Gasteiger charge is 2.16. The molecule has 0 amide bonds. The van der Waals surface area contributed by atoms with Gasteiger partial charge in [0.05, 0.1) is 6.26 Å². The van der Waals surface area contributed by atoms with Crippen molar-refractivity contribution < 1.29 is 4.42 Å². The first kappa shape index (κ1) is 14.2. The molecule has 0 aliphatic carbocycles. The van der Waals surface area contributed by atoms with Crippen LogP contribution in [0.2, 0.25) is 5.02 Å². The molecule has 0 saturated carbocycles. The largest absolute Gasteiger partial charge is 0.464 e. The van der Waals surface area contributed by atoms with Crippen molar-refractivity contribution in [2.45, 2.75) is 19.4 Å². The smallest absolute Gasteiger partial charge is 0.134 e. The predicted octanol–water partition coefficient (Wildman–Crippen LogP) is 4.98. The molecule has 0 spiro atoms. The van der Waals surface area contributed by atoms with Gasteiger partial charge in [0, 0.05) is 22.0 Å². The van der Waals surface area contributed by atoms with E-state index >= 15 is 0 Å². The van der Waals surface area contributed by atoms with Crippen molar-refractivity contribution in [3.05, 3.63) is 70.9 Å². The molecule has 108 valence electrons. The van der Waals surface area contributed by atoms with Crippen molar-refractivity contribution in [1.82, 2.24) is 5.32 Å². The summed E-state index contributed by atoms with van der Waals surface area (Å²) in [4.78, 5) is 0. The van der Waals surface area contributed by atoms with Crippen LogP contribution in [0.4, 0.5) is 0 Å². The van der Waals surface area contributed by atoms with Crippen LogP contribution < -0.4 is 5.32 Å². The number of hydrogen-bond acceptors (Lipinski definition) is 2. The second-order valence-electron chi connectivity index (χ2n) is 5.13. The van der Waals surface area contributed by atoms with Crippen LogP contribution >= 0.6 is 11.6 Å². The highest BCUT2D eigenvalue weighted by molar-refractivity contribution is 6.30. The Hall–Kier alpha value is -1.77. The maximum absolute atomic E-state index is 5.96. The van der Waals surface area contributed by atoms with Gasteiger partial charge in [0.1, 0.15) is 5.58 Å². The molecule has 1 unspecified atom stereocenters. The van der Waals surface area contributed by atoms with Gasteiger partial charge >= 0.3 is 0 Å². The first-order valence-electron chi connectivity index (χ1n) is 7.22. The van der Waals surface area contributed by atoms with Crippen LogP contribution in [0.5, 0.6) is 0 Å². The number of furan rings is 1. The molecular formula is C18H18ClNO. The molecule has 2 nitrogen and oxygen atoms in total. The highest BCUT2D eigenvalue weighted by atomic mass is 35.5. The molecule has 0 radical (unpaired) electrons. The van der Waals surface area contributed by atoms with Gasteiger partial charge < -0.3 is 9.73 Å². The summed E-state index contributed by atoms with van der Waals surface area (Å²) in [6.07, 6.45) is 2.78. The number of rotatable bonds is 5. The summed E-state index contributed by atoms with van der Waals surface area (Å²) in [5.41, 5.74) is 3.41. The van der Waals surface area contributed by atoms with Gasteiger partial charge in [-0.15, -0.1) is 0 Å². The van der Waals surface area contributed by atoms with E-state index in [2.05, 4.69) is 30.4 Å². The van der Waals surface area contributed by atoms with Gasteiger partial charge in [-0.2, -0.15) is 0 Å². The summed E-state index contributed by atoms with van der Waals surface area (Å²) in [5, 5.41) is 5.50. The second-order valence-corrected chi connectivity index (χ2v) is 5.56. The lowest BCUT2D eigenvalue weighted by Gasteiger charge is -2.17. The molecule has 2 aromatic carbocycles. The van der Waals surface area contributed by atoms with E-state index in [1.807, 2.05) is 36.6 Å². The zero-order chi connectivity index (χ0) is 14.7. The molecule has 3 aromatic rings. The van der Waals surface area contributed by atoms with Crippen molar-refractivity contribution in [3.63, 3.8) is 0 Å². The van der Waals surface area contributed by atoms with E-state index in [0.29, 0.717) is 0 Å². The van der Waals surface area contributed by atoms with E-state index in [1.165, 1.54) is 16.5 Å². The standard InChI is InChI=1S/C18H18ClNO/c1-2-20-17(11-13-7-9-14(19)10-8-13)16-12-21-18-6-4-3-5-15(16)18/h3-10,12,17,20H,2,11H2,1H3. The second kappa shape index (κ2) is 6.33. The summed E-state index contributed by atoms with van der Waals surface area (Å²) >= 11 is 5.96. The Balaban J connectivity index is 1.92. The Kier molecular flexibility index (Phi) is 4.28. The molecule has 3 rings (SSSR count). The molecule has 1 aromatic heterocycles. The lowest BCUT2D eigenvalue weighted by Crippen LogP contribution is -2.22. The number of fused-ring (bicyclic) bond motifs is 1. The fourth-order valence-electron chi connectivity index (χ4n) is 2.66. The Morgan fingerprint density at radius 3 is 2.62 bits per heavy atom. The van der Waals surface area contributed by atoms with Crippen LogP contribution in [0.3, 0.4) is 0 Å². The molecule has 3 heteroatoms. The minimum atomic E-state index is 0.236. The number of hydrogen-bond donors (Lipinski definition) is 1. The van der Waals surface area contributed by atoms with Crippen LogP contribution in [0.15, 0.2) is 59.2 Å². The molecule has 0 aliphatic rings. The first-order chi connectivity index (χ1) is 10.3. The van der Waals surface area contributed by atoms with Crippen LogP contribution in [-0.2, 0) is 6.42 Å². The number of halogens is 1. The van der Waals surface area contributed by atoms with E-state index in [1.54, 1.807) is 0 Å². The molecule has 1 N–H and O–H groups in total. The topological polar surface area (TPSA) is 25.2 Å². The van der Waals surface area contributed by atoms with Gasteiger partial charge in [-0.25, -0.2) is 0 Å². The summed E-state index contributed by atoms with van der Waals surface area (Å²) in [6.45, 7) is 3.04. The third-order valence-corrected chi connectivity index (χ3v) is 3.94. The Bertz CT molecular complexity index is 717. The van der Waals surface area contributed by atoms with Crippen LogP contribution in [0, 0.1) is 0 Å². The van der Waals surface area contributed by atoms with Crippen molar-refractivity contribution in [2.75, 3.05) is 6.54 Å². The van der Waals surface area contributed by atoms with Crippen LogP contribution in [-0.4, -0.2) is 6.54 Å². The molecule has 0 fully saturated rings. The van der Waals surface area contributed by atoms with Gasteiger partial charge in [-0.1, -0.05) is 48.9 Å². The summed E-state index contributed by atoms with van der Waals surface area (Å²) < 4.78 is 5.67. The molecule has 0 bridgehead atoms. The average molecular weight is 300 g/mol. The first-order valence-corrected chi connectivity index (χ1v) is 7.59. The van der Waals surface area contributed by atoms with E-state index in [9.17, 15) is 0 Å². The van der Waals surface area contributed by atoms with Crippen molar-refractivity contribution >= 4 is 22.6 Å². The quantitative estimate of drug-likeness (QED) is 0.719. The maximum atomic E-state index is 5.96. The number of para-hydroxylation sites is 1. The Labute approximate surface area is 129 Å². The number of likely N-dealkylation sites (N-methyl/N-ethyl adjacent to an activating group) is 1. The van der Waals surface area contributed by atoms with Crippen LogP contribution in [0.1, 0.15) is 24.1 Å². The van der Waals surface area contributed by atoms with Gasteiger partial charge in [-0.05, 0) is 36.7 Å². The normalized spacial score (nSPS) is 12.7. The lowest BCUT2D eigenvalue weighted by atomic mass is 9.98. The van der Waals surface area contributed by atoms with E-state index in [4.69, 9.17) is 16.0 Å². The summed E-state index contributed by atoms with van der Waals surface area (Å²) in [5.74, 6) is 0. The predicted molar refractivity (Wildman–Crippen MR) is 87.8 cm³/mol. The monoisotopic (exact) mass is 299 g/mol. The molecule has 0 aliphatic heterocycles. The minimum Gasteiger partial charge on any atom is -0.464 e. The van der Waals surface area contributed by atoms with Gasteiger partial charge in [-0.3, -0.25) is 0 Å². The SMILES string of the molecule is CCNC(Cc1ccc(Cl)cc1)c1coc2ccccc12. The Morgan fingerprint density at radius 2 is 1.86 bits per heavy atom. The zero-order valence-corrected chi connectivity index (χ0v) is 12.7. The third kappa shape index (κ3) is 3.12. The molecule has 21 heavy (non-hydrogen) atoms. The van der Waals surface area contributed by atoms with Crippen LogP contribution in [0.25, 0.3) is 11.0 Å².